The number of nitrogens with zero attached hydrogens (tertiary/aromatic N) is 2. The predicted octanol–water partition coefficient (Wildman–Crippen LogP) is 2.04. The van der Waals surface area contributed by atoms with Crippen LogP contribution in [0, 0.1) is 11.6 Å². The summed E-state index contributed by atoms with van der Waals surface area (Å²) in [6.45, 7) is 2.85. The molecule has 0 saturated carbocycles. The third-order valence-electron chi connectivity index (χ3n) is 5.02. The number of carbonyl (C=O) groups excluding carboxylic acids is 1. The first-order chi connectivity index (χ1) is 11.9. The summed E-state index contributed by atoms with van der Waals surface area (Å²) in [5.41, 5.74) is -1.62. The monoisotopic (exact) mass is 354 g/mol. The minimum Gasteiger partial charge on any atom is -0.497 e. The van der Waals surface area contributed by atoms with E-state index in [9.17, 15) is 18.7 Å². The Morgan fingerprint density at radius 1 is 1.20 bits per heavy atom. The van der Waals surface area contributed by atoms with Crippen molar-refractivity contribution in [1.29, 1.82) is 0 Å². The number of methoxy groups -OCH3 is 1. The molecule has 0 bridgehead atoms. The Morgan fingerprint density at radius 3 is 2.44 bits per heavy atom. The van der Waals surface area contributed by atoms with Gasteiger partial charge in [-0.25, -0.2) is 8.78 Å². The van der Waals surface area contributed by atoms with Gasteiger partial charge < -0.3 is 19.6 Å². The zero-order valence-corrected chi connectivity index (χ0v) is 14.4. The van der Waals surface area contributed by atoms with Gasteiger partial charge in [-0.2, -0.15) is 0 Å². The minimum atomic E-state index is -1.03. The van der Waals surface area contributed by atoms with Crippen LogP contribution in [0.15, 0.2) is 12.1 Å². The first-order valence-electron chi connectivity index (χ1n) is 8.69. The summed E-state index contributed by atoms with van der Waals surface area (Å²) in [5, 5.41) is 10.9. The largest absolute Gasteiger partial charge is 0.497 e. The van der Waals surface area contributed by atoms with E-state index in [4.69, 9.17) is 4.74 Å². The van der Waals surface area contributed by atoms with Crippen LogP contribution in [-0.4, -0.2) is 66.2 Å². The third kappa shape index (κ3) is 3.93. The molecule has 25 heavy (non-hydrogen) atoms. The van der Waals surface area contributed by atoms with Crippen molar-refractivity contribution in [2.75, 3.05) is 39.8 Å². The topological polar surface area (TPSA) is 53.0 Å². The van der Waals surface area contributed by atoms with Gasteiger partial charge >= 0.3 is 0 Å². The van der Waals surface area contributed by atoms with Crippen molar-refractivity contribution in [3.05, 3.63) is 29.3 Å². The number of hydrogen-bond donors (Lipinski definition) is 1. The maximum absolute atomic E-state index is 14.2. The molecule has 1 atom stereocenters. The van der Waals surface area contributed by atoms with Crippen molar-refractivity contribution >= 4 is 5.91 Å². The summed E-state index contributed by atoms with van der Waals surface area (Å²) in [5.74, 6) is -2.60. The number of β-amino-alcohol motifs (C(OH)–C–C–N with tert-alkyl or cyclic N) is 1. The molecule has 2 aliphatic heterocycles. The van der Waals surface area contributed by atoms with Crippen LogP contribution in [0.1, 0.15) is 36.0 Å². The summed E-state index contributed by atoms with van der Waals surface area (Å²) >= 11 is 0. The second-order valence-corrected chi connectivity index (χ2v) is 7.00. The van der Waals surface area contributed by atoms with E-state index in [1.54, 1.807) is 0 Å². The van der Waals surface area contributed by atoms with Gasteiger partial charge in [-0.15, -0.1) is 0 Å². The lowest BCUT2D eigenvalue weighted by Crippen LogP contribution is -2.55. The molecule has 1 N–H and O–H groups in total. The van der Waals surface area contributed by atoms with Crippen molar-refractivity contribution in [3.8, 4) is 5.75 Å². The van der Waals surface area contributed by atoms with Crippen LogP contribution in [0.5, 0.6) is 5.75 Å². The smallest absolute Gasteiger partial charge is 0.259 e. The lowest BCUT2D eigenvalue weighted by molar-refractivity contribution is -0.0433. The lowest BCUT2D eigenvalue weighted by Gasteiger charge is -2.41. The van der Waals surface area contributed by atoms with E-state index >= 15 is 0 Å². The number of amides is 1. The van der Waals surface area contributed by atoms with Crippen molar-refractivity contribution in [1.82, 2.24) is 9.80 Å². The van der Waals surface area contributed by atoms with Gasteiger partial charge in [0.05, 0.1) is 19.3 Å². The van der Waals surface area contributed by atoms with E-state index in [1.165, 1.54) is 12.0 Å². The molecule has 0 aliphatic carbocycles. The summed E-state index contributed by atoms with van der Waals surface area (Å²) in [7, 11) is 1.30. The van der Waals surface area contributed by atoms with Crippen LogP contribution in [0.2, 0.25) is 0 Å². The number of benzene rings is 1. The molecule has 1 aromatic rings. The van der Waals surface area contributed by atoms with Crippen molar-refractivity contribution in [2.45, 2.75) is 31.3 Å². The minimum absolute atomic E-state index is 0.0238. The summed E-state index contributed by atoms with van der Waals surface area (Å²) in [6.07, 6.45) is 3.42. The second kappa shape index (κ2) is 7.25. The van der Waals surface area contributed by atoms with Crippen LogP contribution in [0.25, 0.3) is 0 Å². The van der Waals surface area contributed by atoms with Gasteiger partial charge in [0.1, 0.15) is 22.9 Å². The fraction of sp³-hybridized carbons (Fsp3) is 0.611. The van der Waals surface area contributed by atoms with Gasteiger partial charge in [-0.1, -0.05) is 0 Å². The average molecular weight is 354 g/mol. The van der Waals surface area contributed by atoms with Gasteiger partial charge in [-0.3, -0.25) is 4.79 Å². The molecule has 0 radical (unpaired) electrons. The Labute approximate surface area is 146 Å². The van der Waals surface area contributed by atoms with Crippen LogP contribution in [-0.2, 0) is 0 Å². The lowest BCUT2D eigenvalue weighted by atomic mass is 9.91. The van der Waals surface area contributed by atoms with E-state index in [0.717, 1.165) is 38.1 Å². The SMILES string of the molecule is COc1cc(F)c(C(=O)N2CCCC(O)(CN3CCCC3)C2)c(F)c1. The highest BCUT2D eigenvalue weighted by Crippen LogP contribution is 2.27. The molecule has 1 aromatic carbocycles. The highest BCUT2D eigenvalue weighted by molar-refractivity contribution is 5.95. The number of aliphatic hydroxyl groups is 1. The molecule has 5 nitrogen and oxygen atoms in total. The fourth-order valence-corrected chi connectivity index (χ4v) is 3.80. The van der Waals surface area contributed by atoms with Crippen molar-refractivity contribution in [2.24, 2.45) is 0 Å². The second-order valence-electron chi connectivity index (χ2n) is 7.00. The Morgan fingerprint density at radius 2 is 1.84 bits per heavy atom. The number of halogens is 2. The predicted molar refractivity (Wildman–Crippen MR) is 88.7 cm³/mol. The maximum atomic E-state index is 14.2. The molecule has 2 fully saturated rings. The zero-order valence-electron chi connectivity index (χ0n) is 14.4. The number of rotatable bonds is 4. The average Bonchev–Trinajstić information content (AvgIpc) is 3.06. The Bertz CT molecular complexity index is 626. The van der Waals surface area contributed by atoms with Crippen molar-refractivity contribution in [3.63, 3.8) is 0 Å². The van der Waals surface area contributed by atoms with Gasteiger partial charge in [0.25, 0.3) is 5.91 Å². The normalized spacial score (nSPS) is 24.6. The molecule has 0 aromatic heterocycles. The van der Waals surface area contributed by atoms with E-state index in [0.29, 0.717) is 25.9 Å². The number of carbonyl (C=O) groups is 1. The van der Waals surface area contributed by atoms with E-state index in [1.807, 2.05) is 0 Å². The molecule has 0 spiro atoms. The van der Waals surface area contributed by atoms with Crippen LogP contribution in [0.4, 0.5) is 8.78 Å². The molecule has 2 saturated heterocycles. The molecule has 2 aliphatic rings. The Hall–Kier alpha value is -1.73. The highest BCUT2D eigenvalue weighted by Gasteiger charge is 2.38. The molecule has 1 unspecified atom stereocenters. The molecule has 3 rings (SSSR count). The van der Waals surface area contributed by atoms with Crippen molar-refractivity contribution < 1.29 is 23.4 Å². The number of piperidine rings is 1. The number of likely N-dealkylation sites (tertiary alicyclic amines) is 2. The quantitative estimate of drug-likeness (QED) is 0.899. The Balaban J connectivity index is 1.76. The zero-order chi connectivity index (χ0) is 18.0. The van der Waals surface area contributed by atoms with Gasteiger partial charge in [-0.05, 0) is 38.8 Å². The number of ether oxygens (including phenoxy) is 1. The Kier molecular flexibility index (Phi) is 5.24. The molecule has 1 amide bonds. The highest BCUT2D eigenvalue weighted by atomic mass is 19.1. The summed E-state index contributed by atoms with van der Waals surface area (Å²) in [6, 6.07) is 1.99. The van der Waals surface area contributed by atoms with Gasteiger partial charge in [0.15, 0.2) is 0 Å². The van der Waals surface area contributed by atoms with Gasteiger partial charge in [0.2, 0.25) is 0 Å². The van der Waals surface area contributed by atoms with Crippen LogP contribution < -0.4 is 4.74 Å². The summed E-state index contributed by atoms with van der Waals surface area (Å²) < 4.78 is 33.2. The molecule has 7 heteroatoms. The summed E-state index contributed by atoms with van der Waals surface area (Å²) in [4.78, 5) is 16.2. The van der Waals surface area contributed by atoms with E-state index in [-0.39, 0.29) is 12.3 Å². The molecular formula is C18H24F2N2O3. The van der Waals surface area contributed by atoms with E-state index in [2.05, 4.69) is 4.90 Å². The molecule has 138 valence electrons. The molecule has 2 heterocycles. The van der Waals surface area contributed by atoms with Crippen LogP contribution in [0.3, 0.4) is 0 Å². The standard InChI is InChI=1S/C18H24F2N2O3/c1-25-13-9-14(19)16(15(20)10-13)17(23)22-8-4-5-18(24,12-22)11-21-6-2-3-7-21/h9-10,24H,2-8,11-12H2,1H3. The number of hydrogen-bond acceptors (Lipinski definition) is 4. The maximum Gasteiger partial charge on any atom is 0.259 e. The molecular weight excluding hydrogens is 330 g/mol. The fourth-order valence-electron chi connectivity index (χ4n) is 3.80. The third-order valence-corrected chi connectivity index (χ3v) is 5.02. The first kappa shape index (κ1) is 18.1. The van der Waals surface area contributed by atoms with Gasteiger partial charge in [0, 0.05) is 25.2 Å². The van der Waals surface area contributed by atoms with Crippen LogP contribution >= 0.6 is 0 Å². The first-order valence-corrected chi connectivity index (χ1v) is 8.69. The van der Waals surface area contributed by atoms with E-state index < -0.39 is 28.7 Å².